The Morgan fingerprint density at radius 2 is 2.03 bits per heavy atom. The summed E-state index contributed by atoms with van der Waals surface area (Å²) < 4.78 is 10.2. The molecule has 0 aromatic heterocycles. The number of cyclic esters (lactones) is 1. The van der Waals surface area contributed by atoms with Crippen molar-refractivity contribution in [2.75, 3.05) is 7.11 Å². The summed E-state index contributed by atoms with van der Waals surface area (Å²) in [4.78, 5) is 48.3. The number of ether oxygens (including phenoxy) is 2. The number of esters is 1. The van der Waals surface area contributed by atoms with Crippen molar-refractivity contribution in [3.63, 3.8) is 0 Å². The van der Waals surface area contributed by atoms with Gasteiger partial charge < -0.3 is 25.0 Å². The zero-order chi connectivity index (χ0) is 22.4. The Morgan fingerprint density at radius 3 is 2.63 bits per heavy atom. The molecule has 0 aromatic rings. The number of allylic oxidation sites excluding steroid dienone is 2. The van der Waals surface area contributed by atoms with E-state index in [-0.39, 0.29) is 29.0 Å². The first kappa shape index (κ1) is 23.0. The van der Waals surface area contributed by atoms with Gasteiger partial charge in [0.15, 0.2) is 5.78 Å². The third kappa shape index (κ3) is 5.19. The molecule has 10 nitrogen and oxygen atoms in total. The van der Waals surface area contributed by atoms with Gasteiger partial charge >= 0.3 is 12.1 Å². The monoisotopic (exact) mass is 436 g/mol. The third-order valence-electron chi connectivity index (χ3n) is 4.11. The van der Waals surface area contributed by atoms with E-state index < -0.39 is 35.6 Å². The Labute approximate surface area is 176 Å². The van der Waals surface area contributed by atoms with Gasteiger partial charge in [-0.15, -0.1) is 11.8 Å². The number of nitrogens with one attached hydrogen (secondary N) is 2. The fourth-order valence-electron chi connectivity index (χ4n) is 2.61. The molecule has 1 heterocycles. The highest BCUT2D eigenvalue weighted by Crippen LogP contribution is 2.33. The lowest BCUT2D eigenvalue weighted by molar-refractivity contribution is -0.133. The highest BCUT2D eigenvalue weighted by Gasteiger charge is 2.30. The van der Waals surface area contributed by atoms with Gasteiger partial charge in [0.2, 0.25) is 0 Å². The van der Waals surface area contributed by atoms with E-state index in [4.69, 9.17) is 14.6 Å². The maximum Gasteiger partial charge on any atom is 0.409 e. The van der Waals surface area contributed by atoms with Gasteiger partial charge in [-0.2, -0.15) is 0 Å². The molecular weight excluding hydrogens is 416 g/mol. The number of methoxy groups -OCH3 is 1. The van der Waals surface area contributed by atoms with Crippen LogP contribution in [0.4, 0.5) is 4.79 Å². The van der Waals surface area contributed by atoms with E-state index >= 15 is 0 Å². The van der Waals surface area contributed by atoms with Crippen LogP contribution in [0, 0.1) is 0 Å². The summed E-state index contributed by atoms with van der Waals surface area (Å²) in [6.07, 6.45) is -0.660. The molecule has 0 aromatic carbocycles. The van der Waals surface area contributed by atoms with Gasteiger partial charge in [-0.25, -0.2) is 9.59 Å². The lowest BCUT2D eigenvalue weighted by Gasteiger charge is -2.23. The van der Waals surface area contributed by atoms with E-state index in [9.17, 15) is 24.3 Å². The maximum absolute atomic E-state index is 12.7. The standard InChI is InChI=1S/C19H20N2O8S/c1-4-13(22)12-8-30-7-10-14(23)5-15(28-3)9(2)16(10)18(25)29-6-11(17(24)20-12)21-19(26)27/h5-8,14,21,23H,4H2,1-3H3,(H,20,24)(H,26,27)/b10-7+,11-6+,12-8-. The highest BCUT2D eigenvalue weighted by atomic mass is 32.2. The highest BCUT2D eigenvalue weighted by molar-refractivity contribution is 8.05. The molecule has 2 rings (SSSR count). The van der Waals surface area contributed by atoms with E-state index in [0.717, 1.165) is 11.8 Å². The zero-order valence-electron chi connectivity index (χ0n) is 16.3. The largest absolute Gasteiger partial charge is 0.497 e. The number of carbonyl (C=O) groups excluding carboxylic acids is 3. The number of aliphatic hydroxyl groups is 1. The van der Waals surface area contributed by atoms with Crippen molar-refractivity contribution in [2.45, 2.75) is 26.4 Å². The van der Waals surface area contributed by atoms with Gasteiger partial charge in [-0.1, -0.05) is 6.92 Å². The second-order valence-electron chi connectivity index (χ2n) is 6.02. The Morgan fingerprint density at radius 1 is 1.33 bits per heavy atom. The van der Waals surface area contributed by atoms with Crippen LogP contribution in [-0.2, 0) is 23.9 Å². The number of carboxylic acid groups (broad SMARTS) is 1. The molecule has 0 radical (unpaired) electrons. The number of ketones is 1. The van der Waals surface area contributed by atoms with Crippen LogP contribution in [0.25, 0.3) is 0 Å². The summed E-state index contributed by atoms with van der Waals surface area (Å²) in [6.45, 7) is 3.17. The quantitative estimate of drug-likeness (QED) is 0.480. The second-order valence-corrected chi connectivity index (χ2v) is 6.76. The van der Waals surface area contributed by atoms with Gasteiger partial charge in [-0.05, 0) is 18.4 Å². The molecule has 1 aliphatic carbocycles. The van der Waals surface area contributed by atoms with Crippen molar-refractivity contribution < 1.29 is 38.9 Å². The van der Waals surface area contributed by atoms with E-state index in [1.165, 1.54) is 24.0 Å². The molecule has 1 atom stereocenters. The zero-order valence-corrected chi connectivity index (χ0v) is 17.2. The van der Waals surface area contributed by atoms with Crippen LogP contribution in [-0.4, -0.2) is 47.2 Å². The SMILES string of the molecule is CCC(=O)/C1=C/S/C=C2/C(=C(C)C(OC)=CC2O)C(=O)O/C=C(/NC(=O)O)C(=O)N1. The summed E-state index contributed by atoms with van der Waals surface area (Å²) in [5.74, 6) is -2.08. The number of rotatable bonds is 4. The molecular formula is C19H20N2O8S. The minimum atomic E-state index is -1.57. The summed E-state index contributed by atoms with van der Waals surface area (Å²) >= 11 is 0.951. The Balaban J connectivity index is 2.63. The number of thioether (sulfide) groups is 1. The fraction of sp³-hybridized carbons (Fsp3) is 0.263. The lowest BCUT2D eigenvalue weighted by Crippen LogP contribution is -2.36. The van der Waals surface area contributed by atoms with Crippen LogP contribution >= 0.6 is 11.8 Å². The molecule has 30 heavy (non-hydrogen) atoms. The molecule has 2 aliphatic rings. The van der Waals surface area contributed by atoms with Gasteiger partial charge in [-0.3, -0.25) is 14.9 Å². The number of hydrogen-bond donors (Lipinski definition) is 4. The Bertz CT molecular complexity index is 942. The molecule has 1 aliphatic heterocycles. The Kier molecular flexibility index (Phi) is 7.61. The molecule has 2 amide bonds. The number of fused-ring (bicyclic) bond motifs is 1. The number of aliphatic hydroxyl groups excluding tert-OH is 1. The topological polar surface area (TPSA) is 151 Å². The van der Waals surface area contributed by atoms with Gasteiger partial charge in [0.05, 0.1) is 18.4 Å². The first-order chi connectivity index (χ1) is 14.2. The van der Waals surface area contributed by atoms with Gasteiger partial charge in [0, 0.05) is 23.0 Å². The molecule has 0 bridgehead atoms. The van der Waals surface area contributed by atoms with Crippen LogP contribution in [0.2, 0.25) is 0 Å². The summed E-state index contributed by atoms with van der Waals surface area (Å²) in [6, 6.07) is 0. The van der Waals surface area contributed by atoms with Crippen molar-refractivity contribution >= 4 is 35.5 Å². The number of amides is 2. The van der Waals surface area contributed by atoms with Gasteiger partial charge in [0.1, 0.15) is 23.8 Å². The van der Waals surface area contributed by atoms with Gasteiger partial charge in [0.25, 0.3) is 5.91 Å². The predicted molar refractivity (Wildman–Crippen MR) is 106 cm³/mol. The fourth-order valence-corrected chi connectivity index (χ4v) is 3.41. The number of hydrogen-bond acceptors (Lipinski definition) is 8. The molecule has 0 saturated carbocycles. The average molecular weight is 436 g/mol. The van der Waals surface area contributed by atoms with E-state index in [1.54, 1.807) is 13.8 Å². The summed E-state index contributed by atoms with van der Waals surface area (Å²) in [5.41, 5.74) is -0.154. The van der Waals surface area contributed by atoms with Crippen molar-refractivity contribution in [3.8, 4) is 0 Å². The molecule has 0 fully saturated rings. The average Bonchev–Trinajstić information content (AvgIpc) is 2.70. The van der Waals surface area contributed by atoms with Crippen molar-refractivity contribution in [2.24, 2.45) is 0 Å². The maximum atomic E-state index is 12.7. The molecule has 1 unspecified atom stereocenters. The predicted octanol–water partition coefficient (Wildman–Crippen LogP) is 1.43. The Hall–Kier alpha value is -3.31. The first-order valence-electron chi connectivity index (χ1n) is 8.66. The summed E-state index contributed by atoms with van der Waals surface area (Å²) in [5, 5.41) is 26.3. The van der Waals surface area contributed by atoms with Crippen LogP contribution in [0.5, 0.6) is 0 Å². The lowest BCUT2D eigenvalue weighted by atomic mass is 9.91. The molecule has 0 spiro atoms. The minimum Gasteiger partial charge on any atom is -0.497 e. The third-order valence-corrected chi connectivity index (χ3v) is 4.87. The first-order valence-corrected chi connectivity index (χ1v) is 9.60. The van der Waals surface area contributed by atoms with Crippen LogP contribution < -0.4 is 10.6 Å². The number of Topliss-reactive ketones (excluding diaryl/α,β-unsaturated/α-hetero) is 1. The van der Waals surface area contributed by atoms with Crippen LogP contribution in [0.1, 0.15) is 20.3 Å². The molecule has 4 N–H and O–H groups in total. The van der Waals surface area contributed by atoms with E-state index in [1.807, 2.05) is 5.32 Å². The van der Waals surface area contributed by atoms with Crippen LogP contribution in [0.15, 0.2) is 57.0 Å². The normalized spacial score (nSPS) is 25.3. The molecule has 160 valence electrons. The van der Waals surface area contributed by atoms with Crippen molar-refractivity contribution in [3.05, 3.63) is 57.0 Å². The molecule has 11 heteroatoms. The van der Waals surface area contributed by atoms with E-state index in [0.29, 0.717) is 11.8 Å². The minimum absolute atomic E-state index is 0.0157. The smallest absolute Gasteiger partial charge is 0.409 e. The second kappa shape index (κ2) is 9.94. The van der Waals surface area contributed by atoms with Crippen molar-refractivity contribution in [1.29, 1.82) is 0 Å². The molecule has 0 saturated heterocycles. The van der Waals surface area contributed by atoms with Crippen molar-refractivity contribution in [1.82, 2.24) is 10.6 Å². The summed E-state index contributed by atoms with van der Waals surface area (Å²) in [7, 11) is 1.37. The van der Waals surface area contributed by atoms with E-state index in [2.05, 4.69) is 5.32 Å². The van der Waals surface area contributed by atoms with Crippen LogP contribution in [0.3, 0.4) is 0 Å². The number of carbonyl (C=O) groups is 4.